The molecule has 0 aliphatic rings. The van der Waals surface area contributed by atoms with Crippen LogP contribution in [0.1, 0.15) is 20.8 Å². The summed E-state index contributed by atoms with van der Waals surface area (Å²) in [6.07, 6.45) is 0. The van der Waals surface area contributed by atoms with Crippen LogP contribution in [-0.4, -0.2) is 21.5 Å². The summed E-state index contributed by atoms with van der Waals surface area (Å²) in [6.45, 7) is 13.0. The van der Waals surface area contributed by atoms with Crippen LogP contribution < -0.4 is 5.73 Å². The number of quaternary nitrogens is 1. The van der Waals surface area contributed by atoms with Gasteiger partial charge in [-0.1, -0.05) is 20.8 Å². The van der Waals surface area contributed by atoms with E-state index in [1.54, 1.807) is 0 Å². The molecule has 3 heteroatoms. The Kier molecular flexibility index (Phi) is 3.74. The van der Waals surface area contributed by atoms with Crippen molar-refractivity contribution in [3.8, 4) is 0 Å². The van der Waals surface area contributed by atoms with Crippen molar-refractivity contribution in [1.82, 2.24) is 0 Å². The molecule has 0 aliphatic heterocycles. The molecule has 0 atom stereocenters. The van der Waals surface area contributed by atoms with Gasteiger partial charge in [0, 0.05) is 0 Å². The summed E-state index contributed by atoms with van der Waals surface area (Å²) in [4.78, 5) is 0. The third-order valence-corrected chi connectivity index (χ3v) is 6.95. The van der Waals surface area contributed by atoms with Gasteiger partial charge >= 0.3 is 0 Å². The SMILES string of the molecule is CC(C)(C)[Si](C)(C)OCC[NH3+]. The number of hydrogen-bond donors (Lipinski definition) is 1. The second-order valence-electron chi connectivity index (χ2n) is 4.46. The van der Waals surface area contributed by atoms with Gasteiger partial charge in [-0.15, -0.1) is 0 Å². The molecule has 0 bridgehead atoms. The lowest BCUT2D eigenvalue weighted by molar-refractivity contribution is -0.371. The Morgan fingerprint density at radius 2 is 1.73 bits per heavy atom. The first-order valence-corrected chi connectivity index (χ1v) is 7.15. The van der Waals surface area contributed by atoms with Crippen molar-refractivity contribution >= 4 is 8.32 Å². The van der Waals surface area contributed by atoms with E-state index in [9.17, 15) is 0 Å². The van der Waals surface area contributed by atoms with Crippen LogP contribution in [0.3, 0.4) is 0 Å². The van der Waals surface area contributed by atoms with Gasteiger partial charge in [0.2, 0.25) is 0 Å². The highest BCUT2D eigenvalue weighted by Gasteiger charge is 2.36. The van der Waals surface area contributed by atoms with Crippen LogP contribution in [0.15, 0.2) is 0 Å². The Balaban J connectivity index is 4.00. The van der Waals surface area contributed by atoms with Gasteiger partial charge in [0.15, 0.2) is 8.32 Å². The standard InChI is InChI=1S/C8H21NOSi/c1-8(2,3)11(4,5)10-7-6-9/h6-7,9H2,1-5H3/p+1. The topological polar surface area (TPSA) is 36.9 Å². The number of rotatable bonds is 3. The minimum Gasteiger partial charge on any atom is -0.411 e. The summed E-state index contributed by atoms with van der Waals surface area (Å²) in [5.74, 6) is 0. The lowest BCUT2D eigenvalue weighted by Gasteiger charge is -2.35. The normalized spacial score (nSPS) is 13.6. The van der Waals surface area contributed by atoms with Crippen LogP contribution in [0.25, 0.3) is 0 Å². The molecule has 0 rings (SSSR count). The van der Waals surface area contributed by atoms with E-state index in [4.69, 9.17) is 4.43 Å². The van der Waals surface area contributed by atoms with Crippen LogP contribution in [0, 0.1) is 0 Å². The summed E-state index contributed by atoms with van der Waals surface area (Å²) >= 11 is 0. The molecule has 68 valence electrons. The van der Waals surface area contributed by atoms with Crippen LogP contribution in [0.5, 0.6) is 0 Å². The largest absolute Gasteiger partial charge is 0.411 e. The zero-order valence-electron chi connectivity index (χ0n) is 8.53. The minimum atomic E-state index is -1.47. The summed E-state index contributed by atoms with van der Waals surface area (Å²) < 4.78 is 5.82. The van der Waals surface area contributed by atoms with Crippen molar-refractivity contribution in [2.24, 2.45) is 0 Å². The van der Waals surface area contributed by atoms with E-state index in [-0.39, 0.29) is 0 Å². The zero-order chi connectivity index (χ0) is 9.12. The maximum atomic E-state index is 5.82. The summed E-state index contributed by atoms with van der Waals surface area (Å²) in [7, 11) is -1.47. The lowest BCUT2D eigenvalue weighted by Crippen LogP contribution is -2.54. The molecule has 0 amide bonds. The number of hydrogen-bond acceptors (Lipinski definition) is 1. The van der Waals surface area contributed by atoms with Crippen molar-refractivity contribution < 1.29 is 10.2 Å². The maximum Gasteiger partial charge on any atom is 0.192 e. The van der Waals surface area contributed by atoms with Gasteiger partial charge in [0.05, 0.1) is 13.2 Å². The van der Waals surface area contributed by atoms with Crippen LogP contribution >= 0.6 is 0 Å². The fraction of sp³-hybridized carbons (Fsp3) is 1.00. The van der Waals surface area contributed by atoms with Gasteiger partial charge in [0.1, 0.15) is 0 Å². The molecule has 0 heterocycles. The van der Waals surface area contributed by atoms with E-state index < -0.39 is 8.32 Å². The van der Waals surface area contributed by atoms with Crippen molar-refractivity contribution in [3.63, 3.8) is 0 Å². The highest BCUT2D eigenvalue weighted by atomic mass is 28.4. The third-order valence-electron chi connectivity index (χ3n) is 2.41. The second-order valence-corrected chi connectivity index (χ2v) is 9.27. The predicted octanol–water partition coefficient (Wildman–Crippen LogP) is 1.25. The molecule has 0 saturated heterocycles. The molecule has 0 aromatic heterocycles. The van der Waals surface area contributed by atoms with Crippen LogP contribution in [-0.2, 0) is 4.43 Å². The Morgan fingerprint density at radius 3 is 2.00 bits per heavy atom. The highest BCUT2D eigenvalue weighted by molar-refractivity contribution is 6.74. The molecule has 0 unspecified atom stereocenters. The predicted molar refractivity (Wildman–Crippen MR) is 50.9 cm³/mol. The molecule has 0 saturated carbocycles. The van der Waals surface area contributed by atoms with Gasteiger partial charge < -0.3 is 10.2 Å². The highest BCUT2D eigenvalue weighted by Crippen LogP contribution is 2.36. The Morgan fingerprint density at radius 1 is 1.27 bits per heavy atom. The smallest absolute Gasteiger partial charge is 0.192 e. The first-order chi connectivity index (χ1) is 4.81. The molecule has 3 N–H and O–H groups in total. The molecule has 0 aliphatic carbocycles. The van der Waals surface area contributed by atoms with E-state index in [0.29, 0.717) is 5.04 Å². The molecule has 0 spiro atoms. The van der Waals surface area contributed by atoms with Crippen molar-refractivity contribution in [1.29, 1.82) is 0 Å². The molecule has 0 aromatic carbocycles. The molecule has 11 heavy (non-hydrogen) atoms. The monoisotopic (exact) mass is 176 g/mol. The summed E-state index contributed by atoms with van der Waals surface area (Å²) in [6, 6.07) is 0. The average molecular weight is 176 g/mol. The van der Waals surface area contributed by atoms with E-state index in [1.807, 2.05) is 0 Å². The minimum absolute atomic E-state index is 0.335. The molecular formula is C8H22NOSi+. The second kappa shape index (κ2) is 3.69. The fourth-order valence-corrected chi connectivity index (χ4v) is 1.63. The van der Waals surface area contributed by atoms with Crippen molar-refractivity contribution in [2.45, 2.75) is 38.9 Å². The van der Waals surface area contributed by atoms with E-state index in [1.165, 1.54) is 0 Å². The summed E-state index contributed by atoms with van der Waals surface area (Å²) in [5, 5.41) is 0.335. The van der Waals surface area contributed by atoms with Crippen molar-refractivity contribution in [2.75, 3.05) is 13.2 Å². The Hall–Kier alpha value is 0.137. The van der Waals surface area contributed by atoms with Gasteiger partial charge in [-0.25, -0.2) is 0 Å². The van der Waals surface area contributed by atoms with Gasteiger partial charge in [-0.3, -0.25) is 0 Å². The first-order valence-electron chi connectivity index (χ1n) is 4.24. The van der Waals surface area contributed by atoms with Crippen LogP contribution in [0.2, 0.25) is 18.1 Å². The molecular weight excluding hydrogens is 154 g/mol. The lowest BCUT2D eigenvalue weighted by atomic mass is 10.2. The zero-order valence-corrected chi connectivity index (χ0v) is 9.53. The van der Waals surface area contributed by atoms with Gasteiger partial charge in [0.25, 0.3) is 0 Å². The quantitative estimate of drug-likeness (QED) is 0.646. The van der Waals surface area contributed by atoms with E-state index in [2.05, 4.69) is 39.6 Å². The van der Waals surface area contributed by atoms with Gasteiger partial charge in [-0.2, -0.15) is 0 Å². The molecule has 0 radical (unpaired) electrons. The molecule has 0 fully saturated rings. The Bertz CT molecular complexity index is 118. The first kappa shape index (κ1) is 11.1. The Labute approximate surface area is 71.3 Å². The molecule has 2 nitrogen and oxygen atoms in total. The average Bonchev–Trinajstić information content (AvgIpc) is 1.81. The van der Waals surface area contributed by atoms with Gasteiger partial charge in [-0.05, 0) is 18.1 Å². The fourth-order valence-electron chi connectivity index (χ4n) is 0.544. The van der Waals surface area contributed by atoms with Crippen molar-refractivity contribution in [3.05, 3.63) is 0 Å². The van der Waals surface area contributed by atoms with E-state index >= 15 is 0 Å². The third kappa shape index (κ3) is 3.36. The summed E-state index contributed by atoms with van der Waals surface area (Å²) in [5.41, 5.74) is 3.77. The maximum absolute atomic E-state index is 5.82. The van der Waals surface area contributed by atoms with E-state index in [0.717, 1.165) is 13.2 Å². The van der Waals surface area contributed by atoms with Crippen LogP contribution in [0.4, 0.5) is 0 Å². The molecule has 0 aromatic rings.